The molecule has 0 saturated carbocycles. The number of amides is 1. The summed E-state index contributed by atoms with van der Waals surface area (Å²) >= 11 is 1.54. The van der Waals surface area contributed by atoms with Crippen LogP contribution in [0.4, 0.5) is 10.8 Å². The number of carbonyl (C=O) groups excluding carboxylic acids is 1. The molecule has 0 unspecified atom stereocenters. The van der Waals surface area contributed by atoms with E-state index in [1.165, 1.54) is 59.7 Å². The first kappa shape index (κ1) is 17.3. The predicted octanol–water partition coefficient (Wildman–Crippen LogP) is 3.73. The molecular formula is C17H19N3O4S. The van der Waals surface area contributed by atoms with Gasteiger partial charge in [0.15, 0.2) is 11.7 Å². The van der Waals surface area contributed by atoms with E-state index in [9.17, 15) is 14.9 Å². The SMILES string of the molecule is O=C(COc1ccc([N+](=O)[O-])cc1)Nc1nc2c(s1)CCCCCC2. The van der Waals surface area contributed by atoms with Crippen molar-refractivity contribution in [2.24, 2.45) is 0 Å². The van der Waals surface area contributed by atoms with Gasteiger partial charge >= 0.3 is 0 Å². The molecule has 0 aliphatic heterocycles. The maximum absolute atomic E-state index is 12.0. The minimum atomic E-state index is -0.481. The molecule has 1 aliphatic rings. The Morgan fingerprint density at radius 3 is 2.64 bits per heavy atom. The quantitative estimate of drug-likeness (QED) is 0.647. The third-order valence-corrected chi connectivity index (χ3v) is 5.08. The van der Waals surface area contributed by atoms with Crippen molar-refractivity contribution < 1.29 is 14.5 Å². The van der Waals surface area contributed by atoms with Crippen molar-refractivity contribution in [2.75, 3.05) is 11.9 Å². The third-order valence-electron chi connectivity index (χ3n) is 4.01. The van der Waals surface area contributed by atoms with Gasteiger partial charge in [-0.15, -0.1) is 11.3 Å². The molecule has 0 spiro atoms. The summed E-state index contributed by atoms with van der Waals surface area (Å²) in [6.07, 6.45) is 6.81. The zero-order valence-electron chi connectivity index (χ0n) is 13.7. The van der Waals surface area contributed by atoms with Crippen LogP contribution in [0.15, 0.2) is 24.3 Å². The summed E-state index contributed by atoms with van der Waals surface area (Å²) in [6, 6.07) is 5.63. The van der Waals surface area contributed by atoms with Gasteiger partial charge in [0.2, 0.25) is 0 Å². The average molecular weight is 361 g/mol. The van der Waals surface area contributed by atoms with Crippen LogP contribution < -0.4 is 10.1 Å². The highest BCUT2D eigenvalue weighted by atomic mass is 32.1. The van der Waals surface area contributed by atoms with Crippen LogP contribution in [0.1, 0.15) is 36.3 Å². The van der Waals surface area contributed by atoms with Crippen molar-refractivity contribution >= 4 is 28.1 Å². The number of aromatic nitrogens is 1. The van der Waals surface area contributed by atoms with Gasteiger partial charge in [-0.25, -0.2) is 4.98 Å². The molecule has 132 valence electrons. The van der Waals surface area contributed by atoms with E-state index in [0.717, 1.165) is 25.0 Å². The van der Waals surface area contributed by atoms with Crippen LogP contribution in [-0.2, 0) is 17.6 Å². The van der Waals surface area contributed by atoms with Gasteiger partial charge in [0.05, 0.1) is 10.6 Å². The predicted molar refractivity (Wildman–Crippen MR) is 95.2 cm³/mol. The van der Waals surface area contributed by atoms with Crippen molar-refractivity contribution in [3.05, 3.63) is 45.0 Å². The van der Waals surface area contributed by atoms with Crippen molar-refractivity contribution in [2.45, 2.75) is 38.5 Å². The maximum atomic E-state index is 12.0. The molecule has 7 nitrogen and oxygen atoms in total. The number of anilines is 1. The van der Waals surface area contributed by atoms with Crippen LogP contribution in [0.3, 0.4) is 0 Å². The molecule has 8 heteroatoms. The highest BCUT2D eigenvalue weighted by Crippen LogP contribution is 2.28. The monoisotopic (exact) mass is 361 g/mol. The summed E-state index contributed by atoms with van der Waals surface area (Å²) in [7, 11) is 0. The summed E-state index contributed by atoms with van der Waals surface area (Å²) in [5, 5.41) is 14.0. The van der Waals surface area contributed by atoms with Crippen LogP contribution >= 0.6 is 11.3 Å². The Bertz CT molecular complexity index is 732. The van der Waals surface area contributed by atoms with Crippen molar-refractivity contribution in [1.29, 1.82) is 0 Å². The fourth-order valence-electron chi connectivity index (χ4n) is 2.73. The first-order chi connectivity index (χ1) is 12.1. The van der Waals surface area contributed by atoms with Crippen LogP contribution in [0.2, 0.25) is 0 Å². The smallest absolute Gasteiger partial charge is 0.269 e. The lowest BCUT2D eigenvalue weighted by Crippen LogP contribution is -2.20. The Morgan fingerprint density at radius 1 is 1.20 bits per heavy atom. The number of rotatable bonds is 5. The molecule has 3 rings (SSSR count). The molecule has 0 radical (unpaired) electrons. The summed E-state index contributed by atoms with van der Waals surface area (Å²) < 4.78 is 5.36. The second-order valence-electron chi connectivity index (χ2n) is 5.89. The number of nitro groups is 1. The van der Waals surface area contributed by atoms with Gasteiger partial charge in [0.1, 0.15) is 5.75 Å². The van der Waals surface area contributed by atoms with Gasteiger partial charge in [-0.3, -0.25) is 20.2 Å². The van der Waals surface area contributed by atoms with E-state index in [1.54, 1.807) is 0 Å². The second-order valence-corrected chi connectivity index (χ2v) is 6.97. The number of nitrogens with one attached hydrogen (secondary N) is 1. The number of hydrogen-bond donors (Lipinski definition) is 1. The highest BCUT2D eigenvalue weighted by molar-refractivity contribution is 7.15. The van der Waals surface area contributed by atoms with Crippen molar-refractivity contribution in [3.63, 3.8) is 0 Å². The number of fused-ring (bicyclic) bond motifs is 1. The maximum Gasteiger partial charge on any atom is 0.269 e. The minimum Gasteiger partial charge on any atom is -0.484 e. The highest BCUT2D eigenvalue weighted by Gasteiger charge is 2.15. The molecule has 1 aromatic carbocycles. The number of non-ortho nitro benzene ring substituents is 1. The lowest BCUT2D eigenvalue weighted by Gasteiger charge is -2.06. The van der Waals surface area contributed by atoms with E-state index in [1.807, 2.05) is 0 Å². The Balaban J connectivity index is 1.54. The Morgan fingerprint density at radius 2 is 1.92 bits per heavy atom. The molecule has 0 fully saturated rings. The average Bonchev–Trinajstić information content (AvgIpc) is 2.94. The lowest BCUT2D eigenvalue weighted by molar-refractivity contribution is -0.384. The molecular weight excluding hydrogens is 342 g/mol. The molecule has 1 aromatic heterocycles. The molecule has 1 amide bonds. The number of carbonyl (C=O) groups is 1. The van der Waals surface area contributed by atoms with Gasteiger partial charge in [0, 0.05) is 17.0 Å². The third kappa shape index (κ3) is 4.76. The van der Waals surface area contributed by atoms with Crippen LogP contribution in [0, 0.1) is 10.1 Å². The zero-order chi connectivity index (χ0) is 17.6. The van der Waals surface area contributed by atoms with Gasteiger partial charge < -0.3 is 4.74 Å². The first-order valence-corrected chi connectivity index (χ1v) is 9.09. The Kier molecular flexibility index (Phi) is 5.60. The first-order valence-electron chi connectivity index (χ1n) is 8.27. The fraction of sp³-hybridized carbons (Fsp3) is 0.412. The largest absolute Gasteiger partial charge is 0.484 e. The molecule has 0 atom stereocenters. The molecule has 1 aliphatic carbocycles. The van der Waals surface area contributed by atoms with Crippen molar-refractivity contribution in [3.8, 4) is 5.75 Å². The number of hydrogen-bond acceptors (Lipinski definition) is 6. The molecule has 25 heavy (non-hydrogen) atoms. The molecule has 2 aromatic rings. The molecule has 1 N–H and O–H groups in total. The van der Waals surface area contributed by atoms with Gasteiger partial charge in [-0.1, -0.05) is 12.8 Å². The van der Waals surface area contributed by atoms with Crippen molar-refractivity contribution in [1.82, 2.24) is 4.98 Å². The topological polar surface area (TPSA) is 94.4 Å². The van der Waals surface area contributed by atoms with Crippen LogP contribution in [-0.4, -0.2) is 22.4 Å². The van der Waals surface area contributed by atoms with E-state index >= 15 is 0 Å². The number of ether oxygens (including phenoxy) is 1. The number of nitrogens with zero attached hydrogens (tertiary/aromatic N) is 2. The fourth-order valence-corrected chi connectivity index (χ4v) is 3.79. The Labute approximate surface area is 149 Å². The van der Waals surface area contributed by atoms with E-state index < -0.39 is 4.92 Å². The van der Waals surface area contributed by atoms with E-state index in [-0.39, 0.29) is 18.2 Å². The van der Waals surface area contributed by atoms with Gasteiger partial charge in [0.25, 0.3) is 11.6 Å². The van der Waals surface area contributed by atoms with Crippen LogP contribution in [0.5, 0.6) is 5.75 Å². The van der Waals surface area contributed by atoms with Gasteiger partial charge in [-0.05, 0) is 37.8 Å². The summed E-state index contributed by atoms with van der Waals surface area (Å²) in [6.45, 7) is -0.165. The summed E-state index contributed by atoms with van der Waals surface area (Å²) in [5.74, 6) is 0.118. The summed E-state index contributed by atoms with van der Waals surface area (Å²) in [4.78, 5) is 28.0. The molecule has 0 bridgehead atoms. The standard InChI is InChI=1S/C17H19N3O4S/c21-16(11-24-13-9-7-12(8-10-13)20(22)23)19-17-18-14-5-3-1-2-4-6-15(14)25-17/h7-10H,1-6,11H2,(H,18,19,21). The summed E-state index contributed by atoms with van der Waals surface area (Å²) in [5.41, 5.74) is 1.09. The Hall–Kier alpha value is -2.48. The minimum absolute atomic E-state index is 0.0167. The molecule has 0 saturated heterocycles. The van der Waals surface area contributed by atoms with Gasteiger partial charge in [-0.2, -0.15) is 0 Å². The lowest BCUT2D eigenvalue weighted by atomic mass is 10.0. The number of nitro benzene ring substituents is 1. The van der Waals surface area contributed by atoms with E-state index in [0.29, 0.717) is 10.9 Å². The van der Waals surface area contributed by atoms with Crippen LogP contribution in [0.25, 0.3) is 0 Å². The van der Waals surface area contributed by atoms with E-state index in [2.05, 4.69) is 10.3 Å². The number of thiazole rings is 1. The number of aryl methyl sites for hydroxylation is 2. The normalized spacial score (nSPS) is 14.1. The molecule has 1 heterocycles. The second kappa shape index (κ2) is 8.06. The van der Waals surface area contributed by atoms with E-state index in [4.69, 9.17) is 4.74 Å². The zero-order valence-corrected chi connectivity index (χ0v) is 14.5. The number of benzene rings is 1.